The van der Waals surface area contributed by atoms with Crippen LogP contribution in [0.3, 0.4) is 0 Å². The second kappa shape index (κ2) is 14.2. The van der Waals surface area contributed by atoms with E-state index in [9.17, 15) is 14.4 Å². The fraction of sp³-hybridized carbons (Fsp3) is 0.185. The normalized spacial score (nSPS) is 10.7. The topological polar surface area (TPSA) is 118 Å². The minimum absolute atomic E-state index is 0.298. The van der Waals surface area contributed by atoms with Crippen LogP contribution in [0.1, 0.15) is 23.6 Å². The van der Waals surface area contributed by atoms with E-state index >= 15 is 0 Å². The lowest BCUT2D eigenvalue weighted by Gasteiger charge is -2.15. The van der Waals surface area contributed by atoms with Crippen molar-refractivity contribution in [3.8, 4) is 11.5 Å². The van der Waals surface area contributed by atoms with E-state index in [1.165, 1.54) is 12.3 Å². The Hall–Kier alpha value is -3.35. The fourth-order valence-electron chi connectivity index (χ4n) is 3.38. The number of rotatable bonds is 9. The van der Waals surface area contributed by atoms with Gasteiger partial charge in [-0.05, 0) is 90.4 Å². The molecule has 0 atom stereocenters. The van der Waals surface area contributed by atoms with Crippen molar-refractivity contribution < 1.29 is 23.9 Å². The third kappa shape index (κ3) is 8.57. The number of nitrogens with one attached hydrogen (secondary N) is 3. The van der Waals surface area contributed by atoms with Gasteiger partial charge in [0.2, 0.25) is 0 Å². The van der Waals surface area contributed by atoms with Crippen LogP contribution in [-0.2, 0) is 14.4 Å². The second-order valence-electron chi connectivity index (χ2n) is 8.14. The molecule has 39 heavy (non-hydrogen) atoms. The van der Waals surface area contributed by atoms with Crippen molar-refractivity contribution >= 4 is 81.1 Å². The minimum Gasteiger partial charge on any atom is -0.490 e. The number of ether oxygens (including phenoxy) is 2. The monoisotopic (exact) mass is 682 g/mol. The van der Waals surface area contributed by atoms with Crippen molar-refractivity contribution in [2.24, 2.45) is 5.10 Å². The molecule has 0 bridgehead atoms. The number of hydrazone groups is 1. The van der Waals surface area contributed by atoms with Crippen LogP contribution < -0.4 is 25.5 Å². The Balaban J connectivity index is 1.64. The first-order valence-electron chi connectivity index (χ1n) is 11.6. The number of halogens is 3. The molecule has 0 spiro atoms. The molecule has 3 aromatic carbocycles. The lowest BCUT2D eigenvalue weighted by Crippen LogP contribution is -2.32. The van der Waals surface area contributed by atoms with Crippen LogP contribution in [0.25, 0.3) is 0 Å². The summed E-state index contributed by atoms with van der Waals surface area (Å²) in [5.41, 5.74) is 5.46. The molecule has 0 aliphatic carbocycles. The van der Waals surface area contributed by atoms with Gasteiger partial charge in [0, 0.05) is 10.7 Å². The molecule has 204 valence electrons. The van der Waals surface area contributed by atoms with E-state index in [-0.39, 0.29) is 6.61 Å². The summed E-state index contributed by atoms with van der Waals surface area (Å²) in [4.78, 5) is 36.9. The molecule has 0 saturated heterocycles. The molecule has 12 heteroatoms. The van der Waals surface area contributed by atoms with Crippen molar-refractivity contribution in [3.63, 3.8) is 0 Å². The quantitative estimate of drug-likeness (QED) is 0.116. The van der Waals surface area contributed by atoms with Crippen LogP contribution in [0, 0.1) is 17.4 Å². The molecule has 0 heterocycles. The zero-order valence-electron chi connectivity index (χ0n) is 21.2. The van der Waals surface area contributed by atoms with E-state index in [1.807, 2.05) is 61.6 Å². The van der Waals surface area contributed by atoms with Gasteiger partial charge in [0.25, 0.3) is 5.91 Å². The van der Waals surface area contributed by atoms with Crippen LogP contribution in [0.4, 0.5) is 11.4 Å². The largest absolute Gasteiger partial charge is 0.490 e. The number of anilines is 2. The summed E-state index contributed by atoms with van der Waals surface area (Å²) in [6, 6.07) is 13.6. The lowest BCUT2D eigenvalue weighted by molar-refractivity contribution is -0.136. The maximum absolute atomic E-state index is 12.4. The third-order valence-electron chi connectivity index (χ3n) is 5.19. The number of carbonyl (C=O) groups excluding carboxylic acids is 3. The van der Waals surface area contributed by atoms with Gasteiger partial charge in [-0.15, -0.1) is 0 Å². The Morgan fingerprint density at radius 3 is 2.36 bits per heavy atom. The smallest absolute Gasteiger partial charge is 0.329 e. The Bertz CT molecular complexity index is 1410. The van der Waals surface area contributed by atoms with E-state index in [0.29, 0.717) is 48.7 Å². The summed E-state index contributed by atoms with van der Waals surface area (Å²) in [6.45, 7) is 5.53. The zero-order chi connectivity index (χ0) is 28.5. The summed E-state index contributed by atoms with van der Waals surface area (Å²) < 4.78 is 12.1. The number of carbonyl (C=O) groups is 3. The highest BCUT2D eigenvalue weighted by atomic mass is 127. The molecule has 0 saturated carbocycles. The maximum atomic E-state index is 12.4. The van der Waals surface area contributed by atoms with Crippen molar-refractivity contribution in [2.45, 2.75) is 20.8 Å². The molecule has 0 radical (unpaired) electrons. The van der Waals surface area contributed by atoms with Gasteiger partial charge in [-0.3, -0.25) is 14.4 Å². The molecule has 3 amide bonds. The summed E-state index contributed by atoms with van der Waals surface area (Å²) in [5.74, 6) is -1.44. The van der Waals surface area contributed by atoms with Crippen LogP contribution in [-0.4, -0.2) is 37.1 Å². The van der Waals surface area contributed by atoms with Gasteiger partial charge < -0.3 is 20.1 Å². The molecule has 9 nitrogen and oxygen atoms in total. The Kier molecular flexibility index (Phi) is 11.0. The summed E-state index contributed by atoms with van der Waals surface area (Å²) in [7, 11) is 0. The molecule has 0 aromatic heterocycles. The van der Waals surface area contributed by atoms with E-state index in [2.05, 4.69) is 21.2 Å². The summed E-state index contributed by atoms with van der Waals surface area (Å²) in [5, 5.41) is 9.91. The van der Waals surface area contributed by atoms with E-state index in [4.69, 9.17) is 32.7 Å². The highest BCUT2D eigenvalue weighted by Crippen LogP contribution is 2.34. The predicted molar refractivity (Wildman–Crippen MR) is 161 cm³/mol. The van der Waals surface area contributed by atoms with Crippen molar-refractivity contribution in [2.75, 3.05) is 23.8 Å². The van der Waals surface area contributed by atoms with E-state index in [1.54, 1.807) is 24.3 Å². The molecule has 0 aliphatic rings. The Labute approximate surface area is 249 Å². The highest BCUT2D eigenvalue weighted by Gasteiger charge is 2.17. The third-order valence-corrected chi connectivity index (χ3v) is 6.54. The minimum atomic E-state index is -0.916. The zero-order valence-corrected chi connectivity index (χ0v) is 24.9. The first-order chi connectivity index (χ1) is 18.6. The molecular formula is C27H25Cl2IN4O5. The standard InChI is InChI=1S/C27H25Cl2IN4O5/c1-4-38-22-11-17(13-31-34-27(37)26(36)33-24-15(2)6-5-7-16(24)3)10-20(30)25(22)39-14-23(35)32-21-9-8-18(28)12-19(21)29/h5-13H,4,14H2,1-3H3,(H,32,35)(H,33,36)(H,34,37)/b31-13-. The molecule has 0 fully saturated rings. The van der Waals surface area contributed by atoms with Gasteiger partial charge in [-0.25, -0.2) is 5.43 Å². The molecular weight excluding hydrogens is 658 g/mol. The van der Waals surface area contributed by atoms with Crippen LogP contribution in [0.5, 0.6) is 11.5 Å². The molecule has 3 aromatic rings. The maximum Gasteiger partial charge on any atom is 0.329 e. The fourth-order valence-corrected chi connectivity index (χ4v) is 4.62. The number of nitrogens with zero attached hydrogens (tertiary/aromatic N) is 1. The number of para-hydroxylation sites is 1. The Morgan fingerprint density at radius 1 is 0.974 bits per heavy atom. The van der Waals surface area contributed by atoms with Crippen LogP contribution in [0.15, 0.2) is 53.6 Å². The average Bonchev–Trinajstić information content (AvgIpc) is 2.87. The highest BCUT2D eigenvalue weighted by molar-refractivity contribution is 14.1. The van der Waals surface area contributed by atoms with Gasteiger partial charge in [0.15, 0.2) is 18.1 Å². The SMILES string of the molecule is CCOc1cc(/C=N\NC(=O)C(=O)Nc2c(C)cccc2C)cc(I)c1OCC(=O)Nc1ccc(Cl)cc1Cl. The van der Waals surface area contributed by atoms with E-state index in [0.717, 1.165) is 11.1 Å². The molecule has 3 N–H and O–H groups in total. The predicted octanol–water partition coefficient (Wildman–Crippen LogP) is 5.72. The summed E-state index contributed by atoms with van der Waals surface area (Å²) >= 11 is 14.0. The van der Waals surface area contributed by atoms with E-state index < -0.39 is 17.7 Å². The van der Waals surface area contributed by atoms with Gasteiger partial charge in [-0.2, -0.15) is 5.10 Å². The van der Waals surface area contributed by atoms with Gasteiger partial charge >= 0.3 is 11.8 Å². The summed E-state index contributed by atoms with van der Waals surface area (Å²) in [6.07, 6.45) is 1.37. The number of hydrogen-bond donors (Lipinski definition) is 3. The molecule has 3 rings (SSSR count). The van der Waals surface area contributed by atoms with Crippen molar-refractivity contribution in [3.05, 3.63) is 78.8 Å². The van der Waals surface area contributed by atoms with Crippen LogP contribution >= 0.6 is 45.8 Å². The molecule has 0 unspecified atom stereocenters. The first-order valence-corrected chi connectivity index (χ1v) is 13.5. The number of aryl methyl sites for hydroxylation is 2. The Morgan fingerprint density at radius 2 is 1.69 bits per heavy atom. The van der Waals surface area contributed by atoms with Gasteiger partial charge in [0.1, 0.15) is 0 Å². The second-order valence-corrected chi connectivity index (χ2v) is 10.1. The number of benzene rings is 3. The van der Waals surface area contributed by atoms with Crippen LogP contribution in [0.2, 0.25) is 10.0 Å². The number of hydrogen-bond acceptors (Lipinski definition) is 6. The lowest BCUT2D eigenvalue weighted by atomic mass is 10.1. The number of amides is 3. The van der Waals surface area contributed by atoms with Crippen molar-refractivity contribution in [1.29, 1.82) is 0 Å². The molecule has 0 aliphatic heterocycles. The van der Waals surface area contributed by atoms with Crippen molar-refractivity contribution in [1.82, 2.24) is 5.43 Å². The average molecular weight is 683 g/mol. The van der Waals surface area contributed by atoms with Gasteiger partial charge in [0.05, 0.1) is 27.1 Å². The van der Waals surface area contributed by atoms with Gasteiger partial charge in [-0.1, -0.05) is 41.4 Å². The first kappa shape index (κ1) is 30.2.